The fourth-order valence-electron chi connectivity index (χ4n) is 3.96. The van der Waals surface area contributed by atoms with Crippen LogP contribution >= 0.6 is 0 Å². The van der Waals surface area contributed by atoms with Gasteiger partial charge in [0.15, 0.2) is 17.2 Å². The van der Waals surface area contributed by atoms with Crippen LogP contribution in [0.1, 0.15) is 27.5 Å². The number of carbonyl (C=O) groups is 1. The van der Waals surface area contributed by atoms with Gasteiger partial charge in [-0.05, 0) is 35.4 Å². The molecule has 0 aliphatic carbocycles. The zero-order valence-corrected chi connectivity index (χ0v) is 18.0. The van der Waals surface area contributed by atoms with Gasteiger partial charge in [-0.3, -0.25) is 9.69 Å². The molecule has 2 aromatic carbocycles. The van der Waals surface area contributed by atoms with E-state index in [2.05, 4.69) is 9.88 Å². The fraction of sp³-hybridized carbons (Fsp3) is 0.333. The molecule has 1 saturated heterocycles. The summed E-state index contributed by atoms with van der Waals surface area (Å²) in [5.41, 5.74) is 2.11. The predicted octanol–water partition coefficient (Wildman–Crippen LogP) is 3.22. The molecule has 2 aliphatic rings. The van der Waals surface area contributed by atoms with Crippen LogP contribution in [0.4, 0.5) is 4.39 Å². The first-order valence-corrected chi connectivity index (χ1v) is 10.8. The molecule has 1 fully saturated rings. The molecule has 8 nitrogen and oxygen atoms in total. The SMILES string of the molecule is O=C(c1coc(CN(Cc2cccc(F)c2)Cc2ccc3c(c2)OCO3)n1)N1CCOCC1. The van der Waals surface area contributed by atoms with Crippen molar-refractivity contribution < 1.29 is 27.8 Å². The molecule has 5 rings (SSSR count). The predicted molar refractivity (Wildman–Crippen MR) is 115 cm³/mol. The van der Waals surface area contributed by atoms with Crippen molar-refractivity contribution in [2.45, 2.75) is 19.6 Å². The molecule has 0 bridgehead atoms. The van der Waals surface area contributed by atoms with Gasteiger partial charge in [0.25, 0.3) is 5.91 Å². The zero-order valence-electron chi connectivity index (χ0n) is 18.0. The number of halogens is 1. The Hall–Kier alpha value is -3.43. The Balaban J connectivity index is 1.33. The maximum atomic E-state index is 13.8. The van der Waals surface area contributed by atoms with E-state index in [1.54, 1.807) is 11.0 Å². The van der Waals surface area contributed by atoms with Gasteiger partial charge in [-0.25, -0.2) is 9.37 Å². The second kappa shape index (κ2) is 9.60. The highest BCUT2D eigenvalue weighted by Crippen LogP contribution is 2.33. The number of benzene rings is 2. The average molecular weight is 453 g/mol. The van der Waals surface area contributed by atoms with Crippen LogP contribution in [0.2, 0.25) is 0 Å². The quantitative estimate of drug-likeness (QED) is 0.544. The highest BCUT2D eigenvalue weighted by Gasteiger charge is 2.23. The van der Waals surface area contributed by atoms with E-state index in [9.17, 15) is 9.18 Å². The molecule has 3 heterocycles. The van der Waals surface area contributed by atoms with E-state index in [0.717, 1.165) is 16.9 Å². The third-order valence-corrected chi connectivity index (χ3v) is 5.57. The number of hydrogen-bond acceptors (Lipinski definition) is 7. The first-order chi connectivity index (χ1) is 16.1. The lowest BCUT2D eigenvalue weighted by Crippen LogP contribution is -2.40. The van der Waals surface area contributed by atoms with E-state index >= 15 is 0 Å². The summed E-state index contributed by atoms with van der Waals surface area (Å²) in [5, 5.41) is 0. The summed E-state index contributed by atoms with van der Waals surface area (Å²) in [6, 6.07) is 12.3. The van der Waals surface area contributed by atoms with E-state index in [1.807, 2.05) is 24.3 Å². The Morgan fingerprint density at radius 2 is 1.79 bits per heavy atom. The average Bonchev–Trinajstić information content (AvgIpc) is 3.48. The van der Waals surface area contributed by atoms with Crippen LogP contribution in [0.15, 0.2) is 53.1 Å². The Morgan fingerprint density at radius 1 is 1.00 bits per heavy atom. The second-order valence-electron chi connectivity index (χ2n) is 7.99. The molecule has 0 spiro atoms. The van der Waals surface area contributed by atoms with Crippen LogP contribution in [-0.2, 0) is 24.4 Å². The van der Waals surface area contributed by atoms with Crippen molar-refractivity contribution in [1.82, 2.24) is 14.8 Å². The molecule has 2 aliphatic heterocycles. The van der Waals surface area contributed by atoms with Crippen molar-refractivity contribution in [1.29, 1.82) is 0 Å². The highest BCUT2D eigenvalue weighted by atomic mass is 19.1. The number of carbonyl (C=O) groups excluding carboxylic acids is 1. The Kier molecular flexibility index (Phi) is 6.23. The topological polar surface area (TPSA) is 77.3 Å². The van der Waals surface area contributed by atoms with Crippen LogP contribution in [-0.4, -0.2) is 53.8 Å². The number of morpholine rings is 1. The van der Waals surface area contributed by atoms with Crippen molar-refractivity contribution in [2.75, 3.05) is 33.1 Å². The van der Waals surface area contributed by atoms with E-state index < -0.39 is 0 Å². The maximum absolute atomic E-state index is 13.8. The molecule has 33 heavy (non-hydrogen) atoms. The summed E-state index contributed by atoms with van der Waals surface area (Å²) in [7, 11) is 0. The minimum atomic E-state index is -0.287. The van der Waals surface area contributed by atoms with E-state index in [4.69, 9.17) is 18.6 Å². The first-order valence-electron chi connectivity index (χ1n) is 10.8. The van der Waals surface area contributed by atoms with Gasteiger partial charge in [-0.1, -0.05) is 18.2 Å². The van der Waals surface area contributed by atoms with E-state index in [1.165, 1.54) is 18.4 Å². The fourth-order valence-corrected chi connectivity index (χ4v) is 3.96. The number of rotatable bonds is 7. The van der Waals surface area contributed by atoms with Gasteiger partial charge in [0, 0.05) is 26.2 Å². The molecule has 3 aromatic rings. The Morgan fingerprint density at radius 3 is 2.61 bits per heavy atom. The lowest BCUT2D eigenvalue weighted by atomic mass is 10.1. The molecular weight excluding hydrogens is 429 g/mol. The van der Waals surface area contributed by atoms with Crippen molar-refractivity contribution in [3.8, 4) is 11.5 Å². The van der Waals surface area contributed by atoms with Gasteiger partial charge in [-0.15, -0.1) is 0 Å². The number of aromatic nitrogens is 1. The summed E-state index contributed by atoms with van der Waals surface area (Å²) in [6.07, 6.45) is 1.40. The maximum Gasteiger partial charge on any atom is 0.275 e. The summed E-state index contributed by atoms with van der Waals surface area (Å²) in [4.78, 5) is 20.9. The van der Waals surface area contributed by atoms with Crippen LogP contribution < -0.4 is 9.47 Å². The van der Waals surface area contributed by atoms with Crippen LogP contribution in [0, 0.1) is 5.82 Å². The van der Waals surface area contributed by atoms with E-state index in [0.29, 0.717) is 57.6 Å². The molecule has 0 atom stereocenters. The van der Waals surface area contributed by atoms with Crippen molar-refractivity contribution >= 4 is 5.91 Å². The minimum Gasteiger partial charge on any atom is -0.454 e. The van der Waals surface area contributed by atoms with Crippen molar-refractivity contribution in [2.24, 2.45) is 0 Å². The Bertz CT molecular complexity index is 1130. The number of ether oxygens (including phenoxy) is 3. The van der Waals surface area contributed by atoms with Crippen molar-refractivity contribution in [3.05, 3.63) is 77.3 Å². The van der Waals surface area contributed by atoms with Gasteiger partial charge in [-0.2, -0.15) is 0 Å². The van der Waals surface area contributed by atoms with Crippen LogP contribution in [0.5, 0.6) is 11.5 Å². The lowest BCUT2D eigenvalue weighted by molar-refractivity contribution is 0.0299. The Labute approximate surface area is 190 Å². The van der Waals surface area contributed by atoms with Gasteiger partial charge >= 0.3 is 0 Å². The largest absolute Gasteiger partial charge is 0.454 e. The number of amides is 1. The third-order valence-electron chi connectivity index (χ3n) is 5.57. The molecule has 1 aromatic heterocycles. The monoisotopic (exact) mass is 453 g/mol. The number of fused-ring (bicyclic) bond motifs is 1. The van der Waals surface area contributed by atoms with Gasteiger partial charge in [0.2, 0.25) is 12.7 Å². The highest BCUT2D eigenvalue weighted by molar-refractivity contribution is 5.92. The summed E-state index contributed by atoms with van der Waals surface area (Å²) < 4.78 is 35.6. The van der Waals surface area contributed by atoms with Crippen molar-refractivity contribution in [3.63, 3.8) is 0 Å². The molecule has 0 unspecified atom stereocenters. The third kappa shape index (κ3) is 5.15. The number of hydrogen-bond donors (Lipinski definition) is 0. The number of nitrogens with zero attached hydrogens (tertiary/aromatic N) is 3. The van der Waals surface area contributed by atoms with Gasteiger partial charge in [0.1, 0.15) is 12.1 Å². The molecule has 0 saturated carbocycles. The normalized spacial score (nSPS) is 15.3. The summed E-state index contributed by atoms with van der Waals surface area (Å²) in [5.74, 6) is 1.39. The smallest absolute Gasteiger partial charge is 0.275 e. The molecular formula is C24H24FN3O5. The van der Waals surface area contributed by atoms with Crippen LogP contribution in [0.25, 0.3) is 0 Å². The lowest BCUT2D eigenvalue weighted by Gasteiger charge is -2.25. The second-order valence-corrected chi connectivity index (χ2v) is 7.99. The van der Waals surface area contributed by atoms with E-state index in [-0.39, 0.29) is 24.2 Å². The molecule has 1 amide bonds. The molecule has 172 valence electrons. The standard InChI is InChI=1S/C24H24FN3O5/c25-19-3-1-2-17(10-19)12-27(13-18-4-5-21-22(11-18)33-16-32-21)14-23-26-20(15-31-23)24(29)28-6-8-30-9-7-28/h1-5,10-11,15H,6-9,12-14,16H2. The molecule has 0 N–H and O–H groups in total. The van der Waals surface area contributed by atoms with Gasteiger partial charge in [0.05, 0.1) is 19.8 Å². The zero-order chi connectivity index (χ0) is 22.6. The summed E-state index contributed by atoms with van der Waals surface area (Å²) >= 11 is 0. The molecule has 0 radical (unpaired) electrons. The first kappa shape index (κ1) is 21.4. The van der Waals surface area contributed by atoms with Crippen LogP contribution in [0.3, 0.4) is 0 Å². The van der Waals surface area contributed by atoms with Gasteiger partial charge < -0.3 is 23.5 Å². The molecule has 9 heteroatoms. The summed E-state index contributed by atoms with van der Waals surface area (Å²) in [6.45, 7) is 3.70. The minimum absolute atomic E-state index is 0.166. The number of oxazole rings is 1.